The zero-order valence-electron chi connectivity index (χ0n) is 15.3. The highest BCUT2D eigenvalue weighted by atomic mass is 16.4. The molecule has 0 bridgehead atoms. The lowest BCUT2D eigenvalue weighted by atomic mass is 9.85. The average molecular weight is 368 g/mol. The van der Waals surface area contributed by atoms with Gasteiger partial charge in [0.15, 0.2) is 0 Å². The summed E-state index contributed by atoms with van der Waals surface area (Å²) in [6.07, 6.45) is 9.49. The van der Waals surface area contributed by atoms with Gasteiger partial charge < -0.3 is 10.0 Å². The van der Waals surface area contributed by atoms with Crippen LogP contribution in [-0.4, -0.2) is 36.0 Å². The highest BCUT2D eigenvalue weighted by Gasteiger charge is 2.48. The number of anilines is 2. The molecule has 2 atom stereocenters. The summed E-state index contributed by atoms with van der Waals surface area (Å²) in [5.41, 5.74) is 1.31. The van der Waals surface area contributed by atoms with Crippen molar-refractivity contribution < 1.29 is 19.5 Å². The van der Waals surface area contributed by atoms with E-state index in [1.807, 2.05) is 12.2 Å². The van der Waals surface area contributed by atoms with Crippen molar-refractivity contribution >= 4 is 29.2 Å². The van der Waals surface area contributed by atoms with Crippen LogP contribution in [0.1, 0.15) is 48.9 Å². The summed E-state index contributed by atoms with van der Waals surface area (Å²) in [4.78, 5) is 41.0. The van der Waals surface area contributed by atoms with Gasteiger partial charge in [-0.05, 0) is 43.9 Å². The normalized spacial score (nSPS) is 25.5. The molecule has 4 rings (SSSR count). The molecule has 0 spiro atoms. The van der Waals surface area contributed by atoms with Gasteiger partial charge in [-0.25, -0.2) is 9.69 Å². The highest BCUT2D eigenvalue weighted by Crippen LogP contribution is 2.41. The van der Waals surface area contributed by atoms with E-state index in [0.717, 1.165) is 44.5 Å². The number of carbonyl (C=O) groups is 3. The first-order valence-corrected chi connectivity index (χ1v) is 9.73. The molecule has 0 radical (unpaired) electrons. The van der Waals surface area contributed by atoms with E-state index in [1.165, 1.54) is 11.0 Å². The number of hydrogen-bond acceptors (Lipinski definition) is 4. The van der Waals surface area contributed by atoms with Gasteiger partial charge in [0.05, 0.1) is 28.8 Å². The molecule has 1 N–H and O–H groups in total. The minimum Gasteiger partial charge on any atom is -0.478 e. The zero-order chi connectivity index (χ0) is 19.0. The molecular formula is C21H24N2O4. The number of nitrogens with zero attached hydrogens (tertiary/aromatic N) is 2. The summed E-state index contributed by atoms with van der Waals surface area (Å²) in [5.74, 6) is -2.11. The number of hydrogen-bond donors (Lipinski definition) is 1. The fourth-order valence-electron chi connectivity index (χ4n) is 4.45. The van der Waals surface area contributed by atoms with E-state index in [2.05, 4.69) is 4.90 Å². The van der Waals surface area contributed by atoms with Gasteiger partial charge in [0.1, 0.15) is 0 Å². The van der Waals surface area contributed by atoms with Crippen LogP contribution in [-0.2, 0) is 9.59 Å². The Labute approximate surface area is 158 Å². The van der Waals surface area contributed by atoms with Crippen molar-refractivity contribution in [1.82, 2.24) is 0 Å². The summed E-state index contributed by atoms with van der Waals surface area (Å²) in [5, 5.41) is 9.42. The van der Waals surface area contributed by atoms with Crippen LogP contribution < -0.4 is 9.80 Å². The second-order valence-electron chi connectivity index (χ2n) is 7.58. The van der Waals surface area contributed by atoms with Gasteiger partial charge in [0.2, 0.25) is 11.8 Å². The predicted molar refractivity (Wildman–Crippen MR) is 102 cm³/mol. The lowest BCUT2D eigenvalue weighted by molar-refractivity contribution is -0.122. The van der Waals surface area contributed by atoms with E-state index in [1.54, 1.807) is 12.1 Å². The Bertz CT molecular complexity index is 782. The molecule has 3 aliphatic rings. The first kappa shape index (κ1) is 17.8. The Hall–Kier alpha value is -2.63. The molecule has 6 heteroatoms. The smallest absolute Gasteiger partial charge is 0.335 e. The van der Waals surface area contributed by atoms with Gasteiger partial charge in [0, 0.05) is 13.1 Å². The number of carbonyl (C=O) groups excluding carboxylic acids is 2. The monoisotopic (exact) mass is 368 g/mol. The van der Waals surface area contributed by atoms with Gasteiger partial charge in [-0.2, -0.15) is 0 Å². The molecule has 1 aromatic carbocycles. The van der Waals surface area contributed by atoms with Gasteiger partial charge in [-0.1, -0.05) is 25.0 Å². The van der Waals surface area contributed by atoms with Crippen molar-refractivity contribution in [1.29, 1.82) is 0 Å². The maximum Gasteiger partial charge on any atom is 0.335 e. The van der Waals surface area contributed by atoms with E-state index in [9.17, 15) is 19.5 Å². The van der Waals surface area contributed by atoms with Gasteiger partial charge in [-0.3, -0.25) is 9.59 Å². The van der Waals surface area contributed by atoms with Crippen molar-refractivity contribution in [3.63, 3.8) is 0 Å². The lowest BCUT2D eigenvalue weighted by Gasteiger charge is -2.28. The molecule has 6 nitrogen and oxygen atoms in total. The Morgan fingerprint density at radius 1 is 0.889 bits per heavy atom. The van der Waals surface area contributed by atoms with Crippen LogP contribution >= 0.6 is 0 Å². The fraction of sp³-hybridized carbons (Fsp3) is 0.476. The lowest BCUT2D eigenvalue weighted by Crippen LogP contribution is -2.34. The summed E-state index contributed by atoms with van der Waals surface area (Å²) in [7, 11) is 0. The van der Waals surface area contributed by atoms with Crippen LogP contribution in [0.25, 0.3) is 0 Å². The maximum absolute atomic E-state index is 13.0. The van der Waals surface area contributed by atoms with Crippen molar-refractivity contribution in [3.8, 4) is 0 Å². The number of allylic oxidation sites excluding steroid dienone is 2. The number of rotatable bonds is 3. The van der Waals surface area contributed by atoms with E-state index in [0.29, 0.717) is 18.5 Å². The first-order valence-electron chi connectivity index (χ1n) is 9.73. The number of fused-ring (bicyclic) bond motifs is 1. The van der Waals surface area contributed by atoms with Crippen LogP contribution in [0.5, 0.6) is 0 Å². The zero-order valence-corrected chi connectivity index (χ0v) is 15.3. The van der Waals surface area contributed by atoms with Crippen LogP contribution in [0.4, 0.5) is 11.4 Å². The molecule has 2 aliphatic heterocycles. The van der Waals surface area contributed by atoms with Crippen LogP contribution in [0.2, 0.25) is 0 Å². The van der Waals surface area contributed by atoms with Crippen molar-refractivity contribution in [2.24, 2.45) is 11.8 Å². The maximum atomic E-state index is 13.0. The topological polar surface area (TPSA) is 77.9 Å². The summed E-state index contributed by atoms with van der Waals surface area (Å²) < 4.78 is 0. The molecule has 0 aromatic heterocycles. The molecule has 2 unspecified atom stereocenters. The predicted octanol–water partition coefficient (Wildman–Crippen LogP) is 3.22. The van der Waals surface area contributed by atoms with E-state index in [-0.39, 0.29) is 29.2 Å². The number of amides is 2. The Morgan fingerprint density at radius 2 is 1.48 bits per heavy atom. The quantitative estimate of drug-likeness (QED) is 0.655. The summed E-state index contributed by atoms with van der Waals surface area (Å²) >= 11 is 0. The molecule has 2 fully saturated rings. The Morgan fingerprint density at radius 3 is 2.04 bits per heavy atom. The second-order valence-corrected chi connectivity index (χ2v) is 7.58. The van der Waals surface area contributed by atoms with Crippen LogP contribution in [0, 0.1) is 11.8 Å². The minimum atomic E-state index is -1.06. The van der Waals surface area contributed by atoms with Crippen molar-refractivity contribution in [3.05, 3.63) is 35.9 Å². The minimum absolute atomic E-state index is 0.0946. The van der Waals surface area contributed by atoms with Crippen LogP contribution in [0.15, 0.2) is 30.4 Å². The van der Waals surface area contributed by atoms with Gasteiger partial charge in [-0.15, -0.1) is 0 Å². The standard InChI is InChI=1S/C21H24N2O4/c24-19-15-7-3-4-8-16(15)20(25)23(19)18-13-14(21(26)27)9-10-17(18)22-11-5-1-2-6-12-22/h3-4,9-10,13,15-16H,1-2,5-8,11-12H2,(H,26,27). The van der Waals surface area contributed by atoms with E-state index >= 15 is 0 Å². The SMILES string of the molecule is O=C(O)c1ccc(N2CCCCCC2)c(N2C(=O)C3CC=CCC3C2=O)c1. The summed E-state index contributed by atoms with van der Waals surface area (Å²) in [6, 6.07) is 4.81. The molecular weight excluding hydrogens is 344 g/mol. The molecule has 0 saturated carbocycles. The molecule has 1 aromatic rings. The molecule has 2 heterocycles. The third-order valence-corrected chi connectivity index (χ3v) is 5.92. The van der Waals surface area contributed by atoms with Gasteiger partial charge in [0.25, 0.3) is 0 Å². The summed E-state index contributed by atoms with van der Waals surface area (Å²) in [6.45, 7) is 1.70. The third kappa shape index (κ3) is 3.13. The number of imide groups is 1. The number of carboxylic acids is 1. The molecule has 2 amide bonds. The van der Waals surface area contributed by atoms with Crippen LogP contribution in [0.3, 0.4) is 0 Å². The van der Waals surface area contributed by atoms with Crippen molar-refractivity contribution in [2.75, 3.05) is 22.9 Å². The molecule has 2 saturated heterocycles. The first-order chi connectivity index (χ1) is 13.1. The molecule has 27 heavy (non-hydrogen) atoms. The van der Waals surface area contributed by atoms with Gasteiger partial charge >= 0.3 is 5.97 Å². The second kappa shape index (κ2) is 7.18. The molecule has 1 aliphatic carbocycles. The Kier molecular flexibility index (Phi) is 4.72. The largest absolute Gasteiger partial charge is 0.478 e. The Balaban J connectivity index is 1.77. The van der Waals surface area contributed by atoms with E-state index < -0.39 is 5.97 Å². The number of benzene rings is 1. The van der Waals surface area contributed by atoms with E-state index in [4.69, 9.17) is 0 Å². The van der Waals surface area contributed by atoms with Crippen molar-refractivity contribution in [2.45, 2.75) is 38.5 Å². The molecule has 142 valence electrons. The third-order valence-electron chi connectivity index (χ3n) is 5.92. The number of carboxylic acid groups (broad SMARTS) is 1. The number of aromatic carboxylic acids is 1. The highest BCUT2D eigenvalue weighted by molar-refractivity contribution is 6.23. The average Bonchev–Trinajstić information content (AvgIpc) is 2.86. The fourth-order valence-corrected chi connectivity index (χ4v) is 4.45.